The second-order valence-corrected chi connectivity index (χ2v) is 4.40. The predicted molar refractivity (Wildman–Crippen MR) is 62.4 cm³/mol. The molecule has 0 aromatic heterocycles. The molecule has 1 aromatic carbocycles. The summed E-state index contributed by atoms with van der Waals surface area (Å²) in [5.41, 5.74) is 0.138. The third kappa shape index (κ3) is 2.75. The molecule has 2 nitrogen and oxygen atoms in total. The number of nitrogens with one attached hydrogen (secondary N) is 1. The van der Waals surface area contributed by atoms with Crippen LogP contribution in [-0.4, -0.2) is 20.2 Å². The topological polar surface area (TPSA) is 21.3 Å². The van der Waals surface area contributed by atoms with Gasteiger partial charge in [-0.25, -0.2) is 8.78 Å². The molecule has 0 amide bonds. The Morgan fingerprint density at radius 1 is 1.47 bits per heavy atom. The summed E-state index contributed by atoms with van der Waals surface area (Å²) in [5, 5.41) is 3.14. The summed E-state index contributed by atoms with van der Waals surface area (Å²) in [6.45, 7) is 1.54. The highest BCUT2D eigenvalue weighted by Crippen LogP contribution is 2.33. The Bertz CT molecular complexity index is 378. The lowest BCUT2D eigenvalue weighted by Crippen LogP contribution is -2.32. The first-order valence-corrected chi connectivity index (χ1v) is 5.90. The lowest BCUT2D eigenvalue weighted by atomic mass is 9.90. The Morgan fingerprint density at radius 2 is 2.29 bits per heavy atom. The highest BCUT2D eigenvalue weighted by atomic mass is 19.1. The lowest BCUT2D eigenvalue weighted by Gasteiger charge is -2.26. The van der Waals surface area contributed by atoms with E-state index in [0.29, 0.717) is 12.3 Å². The summed E-state index contributed by atoms with van der Waals surface area (Å²) in [6, 6.07) is 4.31. The van der Waals surface area contributed by atoms with Gasteiger partial charge >= 0.3 is 0 Å². The van der Waals surface area contributed by atoms with Crippen molar-refractivity contribution in [2.24, 2.45) is 5.92 Å². The van der Waals surface area contributed by atoms with Crippen LogP contribution in [0.5, 0.6) is 5.75 Å². The molecule has 1 N–H and O–H groups in total. The van der Waals surface area contributed by atoms with Gasteiger partial charge in [-0.3, -0.25) is 0 Å². The molecule has 2 rings (SSSR count). The minimum Gasteiger partial charge on any atom is -0.497 e. The molecule has 94 valence electrons. The van der Waals surface area contributed by atoms with Crippen LogP contribution in [0.15, 0.2) is 18.2 Å². The summed E-state index contributed by atoms with van der Waals surface area (Å²) >= 11 is 0. The van der Waals surface area contributed by atoms with Crippen molar-refractivity contribution < 1.29 is 13.5 Å². The number of halogens is 2. The molecule has 1 fully saturated rings. The van der Waals surface area contributed by atoms with Crippen LogP contribution in [-0.2, 0) is 0 Å². The van der Waals surface area contributed by atoms with E-state index in [4.69, 9.17) is 4.74 Å². The highest BCUT2D eigenvalue weighted by molar-refractivity contribution is 5.30. The van der Waals surface area contributed by atoms with Gasteiger partial charge in [-0.05, 0) is 31.5 Å². The number of hydrogen-bond donors (Lipinski definition) is 1. The number of ether oxygens (including phenoxy) is 1. The van der Waals surface area contributed by atoms with E-state index in [1.54, 1.807) is 6.07 Å². The summed E-state index contributed by atoms with van der Waals surface area (Å²) in [4.78, 5) is 0. The molecule has 0 aliphatic carbocycles. The van der Waals surface area contributed by atoms with E-state index in [1.165, 1.54) is 19.2 Å². The zero-order chi connectivity index (χ0) is 12.3. The second-order valence-electron chi connectivity index (χ2n) is 4.40. The number of rotatable bonds is 3. The number of hydrogen-bond acceptors (Lipinski definition) is 2. The average molecular weight is 241 g/mol. The fourth-order valence-corrected chi connectivity index (χ4v) is 2.24. The van der Waals surface area contributed by atoms with E-state index in [2.05, 4.69) is 5.32 Å². The standard InChI is InChI=1S/C13H17F2NO/c1-17-10-4-5-11(12(14)7-10)13(15)9-3-2-6-16-8-9/h4-5,7,9,13,16H,2-3,6,8H2,1H3. The van der Waals surface area contributed by atoms with Gasteiger partial charge in [-0.15, -0.1) is 0 Å². The molecule has 2 unspecified atom stereocenters. The normalized spacial score (nSPS) is 22.2. The van der Waals surface area contributed by atoms with Crippen LogP contribution in [0, 0.1) is 11.7 Å². The fourth-order valence-electron chi connectivity index (χ4n) is 2.24. The van der Waals surface area contributed by atoms with Gasteiger partial charge < -0.3 is 10.1 Å². The monoisotopic (exact) mass is 241 g/mol. The van der Waals surface area contributed by atoms with E-state index in [0.717, 1.165) is 19.4 Å². The Morgan fingerprint density at radius 3 is 2.88 bits per heavy atom. The van der Waals surface area contributed by atoms with Crippen molar-refractivity contribution in [2.45, 2.75) is 19.0 Å². The molecule has 0 spiro atoms. The molecule has 1 saturated heterocycles. The van der Waals surface area contributed by atoms with Gasteiger partial charge in [0.2, 0.25) is 0 Å². The van der Waals surface area contributed by atoms with E-state index >= 15 is 0 Å². The zero-order valence-corrected chi connectivity index (χ0v) is 9.88. The van der Waals surface area contributed by atoms with Crippen LogP contribution in [0.25, 0.3) is 0 Å². The second kappa shape index (κ2) is 5.45. The molecule has 1 heterocycles. The summed E-state index contributed by atoms with van der Waals surface area (Å²) < 4.78 is 32.8. The zero-order valence-electron chi connectivity index (χ0n) is 9.88. The van der Waals surface area contributed by atoms with Crippen LogP contribution in [0.2, 0.25) is 0 Å². The van der Waals surface area contributed by atoms with Crippen LogP contribution < -0.4 is 10.1 Å². The molecule has 1 aromatic rings. The van der Waals surface area contributed by atoms with Crippen LogP contribution >= 0.6 is 0 Å². The molecule has 0 bridgehead atoms. The predicted octanol–water partition coefficient (Wildman–Crippen LogP) is 2.84. The highest BCUT2D eigenvalue weighted by Gasteiger charge is 2.26. The minimum atomic E-state index is -1.24. The van der Waals surface area contributed by atoms with E-state index < -0.39 is 12.0 Å². The van der Waals surface area contributed by atoms with Gasteiger partial charge in [-0.1, -0.05) is 0 Å². The third-order valence-corrected chi connectivity index (χ3v) is 3.25. The third-order valence-electron chi connectivity index (χ3n) is 3.25. The van der Waals surface area contributed by atoms with Crippen LogP contribution in [0.1, 0.15) is 24.6 Å². The lowest BCUT2D eigenvalue weighted by molar-refractivity contribution is 0.190. The Hall–Kier alpha value is -1.16. The Labute approximate surface area is 100.0 Å². The van der Waals surface area contributed by atoms with Crippen LogP contribution in [0.3, 0.4) is 0 Å². The number of alkyl halides is 1. The van der Waals surface area contributed by atoms with Crippen molar-refractivity contribution in [3.05, 3.63) is 29.6 Å². The van der Waals surface area contributed by atoms with E-state index in [-0.39, 0.29) is 11.5 Å². The molecule has 17 heavy (non-hydrogen) atoms. The number of piperidine rings is 1. The van der Waals surface area contributed by atoms with Crippen molar-refractivity contribution in [3.8, 4) is 5.75 Å². The maximum atomic E-state index is 14.2. The first-order chi connectivity index (χ1) is 8.22. The number of benzene rings is 1. The van der Waals surface area contributed by atoms with Gasteiger partial charge in [-0.2, -0.15) is 0 Å². The maximum Gasteiger partial charge on any atom is 0.133 e. The molecule has 0 radical (unpaired) electrons. The molecule has 1 aliphatic heterocycles. The van der Waals surface area contributed by atoms with Gasteiger partial charge in [0.15, 0.2) is 0 Å². The van der Waals surface area contributed by atoms with Crippen LogP contribution in [0.4, 0.5) is 8.78 Å². The van der Waals surface area contributed by atoms with Crippen molar-refractivity contribution in [2.75, 3.05) is 20.2 Å². The largest absolute Gasteiger partial charge is 0.497 e. The smallest absolute Gasteiger partial charge is 0.133 e. The van der Waals surface area contributed by atoms with Gasteiger partial charge in [0, 0.05) is 24.1 Å². The Balaban J connectivity index is 2.15. The molecular weight excluding hydrogens is 224 g/mol. The molecule has 0 saturated carbocycles. The maximum absolute atomic E-state index is 14.2. The SMILES string of the molecule is COc1ccc(C(F)C2CCCNC2)c(F)c1. The minimum absolute atomic E-state index is 0.133. The van der Waals surface area contributed by atoms with E-state index in [9.17, 15) is 8.78 Å². The molecule has 1 aliphatic rings. The molecule has 2 atom stereocenters. The van der Waals surface area contributed by atoms with Crippen molar-refractivity contribution in [3.63, 3.8) is 0 Å². The van der Waals surface area contributed by atoms with Gasteiger partial charge in [0.05, 0.1) is 7.11 Å². The summed E-state index contributed by atoms with van der Waals surface area (Å²) in [6.07, 6.45) is 0.511. The molecule has 4 heteroatoms. The average Bonchev–Trinajstić information content (AvgIpc) is 2.39. The van der Waals surface area contributed by atoms with Gasteiger partial charge in [0.1, 0.15) is 17.7 Å². The molecular formula is C13H17F2NO. The van der Waals surface area contributed by atoms with Crippen molar-refractivity contribution >= 4 is 0 Å². The first kappa shape index (κ1) is 12.3. The summed E-state index contributed by atoms with van der Waals surface area (Å²) in [5.74, 6) is -0.241. The Kier molecular flexibility index (Phi) is 3.94. The van der Waals surface area contributed by atoms with Crippen molar-refractivity contribution in [1.82, 2.24) is 5.32 Å². The van der Waals surface area contributed by atoms with Crippen molar-refractivity contribution in [1.29, 1.82) is 0 Å². The fraction of sp³-hybridized carbons (Fsp3) is 0.538. The quantitative estimate of drug-likeness (QED) is 0.878. The summed E-state index contributed by atoms with van der Waals surface area (Å²) in [7, 11) is 1.46. The number of methoxy groups -OCH3 is 1. The first-order valence-electron chi connectivity index (χ1n) is 5.90. The van der Waals surface area contributed by atoms with Gasteiger partial charge in [0.25, 0.3) is 0 Å². The van der Waals surface area contributed by atoms with E-state index in [1.807, 2.05) is 0 Å².